The Balaban J connectivity index is 1.80. The van der Waals surface area contributed by atoms with E-state index >= 15 is 0 Å². The van der Waals surface area contributed by atoms with Gasteiger partial charge in [0.05, 0.1) is 7.11 Å². The lowest BCUT2D eigenvalue weighted by atomic mass is 10.0. The first-order chi connectivity index (χ1) is 13.2. The molecule has 4 rings (SSSR count). The van der Waals surface area contributed by atoms with Crippen molar-refractivity contribution in [2.75, 3.05) is 7.11 Å². The summed E-state index contributed by atoms with van der Waals surface area (Å²) >= 11 is 0. The number of benzene rings is 3. The average molecular weight is 360 g/mol. The first-order valence-corrected chi connectivity index (χ1v) is 8.42. The molecule has 0 radical (unpaired) electrons. The van der Waals surface area contributed by atoms with Crippen LogP contribution < -0.4 is 10.4 Å². The van der Waals surface area contributed by atoms with Crippen LogP contribution in [0.25, 0.3) is 21.7 Å². The molecule has 0 unspecified atom stereocenters. The summed E-state index contributed by atoms with van der Waals surface area (Å²) in [4.78, 5) is 23.9. The fourth-order valence-electron chi connectivity index (χ4n) is 3.16. The Morgan fingerprint density at radius 2 is 1.78 bits per heavy atom. The monoisotopic (exact) mass is 360 g/mol. The van der Waals surface area contributed by atoms with E-state index in [0.29, 0.717) is 22.5 Å². The third-order valence-electron chi connectivity index (χ3n) is 4.39. The Kier molecular flexibility index (Phi) is 4.34. The molecule has 1 heterocycles. The summed E-state index contributed by atoms with van der Waals surface area (Å²) in [6.07, 6.45) is 0. The second kappa shape index (κ2) is 6.96. The fourth-order valence-corrected chi connectivity index (χ4v) is 3.16. The number of hydrogen-bond donors (Lipinski definition) is 0. The van der Waals surface area contributed by atoms with Gasteiger partial charge in [0.25, 0.3) is 0 Å². The van der Waals surface area contributed by atoms with Gasteiger partial charge in [0, 0.05) is 17.0 Å². The minimum absolute atomic E-state index is 0.115. The Hall–Kier alpha value is -3.60. The number of esters is 1. The van der Waals surface area contributed by atoms with Crippen LogP contribution in [0.1, 0.15) is 15.9 Å². The van der Waals surface area contributed by atoms with Crippen LogP contribution in [0.4, 0.5) is 0 Å². The lowest BCUT2D eigenvalue weighted by Gasteiger charge is -2.12. The highest BCUT2D eigenvalue weighted by Gasteiger charge is 2.14. The van der Waals surface area contributed by atoms with Crippen LogP contribution in [-0.4, -0.2) is 13.1 Å². The highest BCUT2D eigenvalue weighted by molar-refractivity contribution is 6.07. The van der Waals surface area contributed by atoms with E-state index in [-0.39, 0.29) is 6.61 Å². The lowest BCUT2D eigenvalue weighted by molar-refractivity contribution is 0.0595. The van der Waals surface area contributed by atoms with Gasteiger partial charge in [-0.15, -0.1) is 0 Å². The summed E-state index contributed by atoms with van der Waals surface area (Å²) in [5, 5.41) is 2.83. The first kappa shape index (κ1) is 16.8. The van der Waals surface area contributed by atoms with Crippen molar-refractivity contribution in [3.8, 4) is 5.75 Å². The maximum absolute atomic E-state index is 12.0. The van der Waals surface area contributed by atoms with E-state index in [2.05, 4.69) is 0 Å². The molecule has 0 aliphatic rings. The number of methoxy groups -OCH3 is 1. The van der Waals surface area contributed by atoms with Crippen LogP contribution in [0.15, 0.2) is 75.9 Å². The standard InChI is InChI=1S/C22H16O5/c1-25-22(24)17-8-4-5-9-18(17)26-13-15-12-20(23)27-19-11-10-14-6-2-3-7-16(14)21(15)19/h2-12H,13H2,1H3. The van der Waals surface area contributed by atoms with Crippen molar-refractivity contribution in [1.82, 2.24) is 0 Å². The van der Waals surface area contributed by atoms with Crippen molar-refractivity contribution in [1.29, 1.82) is 0 Å². The molecule has 0 saturated carbocycles. The van der Waals surface area contributed by atoms with E-state index in [4.69, 9.17) is 13.9 Å². The lowest BCUT2D eigenvalue weighted by Crippen LogP contribution is -2.08. The molecule has 0 aliphatic heterocycles. The minimum atomic E-state index is -0.478. The molecular weight excluding hydrogens is 344 g/mol. The molecule has 0 atom stereocenters. The molecule has 1 aromatic heterocycles. The Morgan fingerprint density at radius 3 is 2.63 bits per heavy atom. The zero-order valence-corrected chi connectivity index (χ0v) is 14.6. The molecule has 0 bridgehead atoms. The van der Waals surface area contributed by atoms with Crippen LogP contribution in [-0.2, 0) is 11.3 Å². The van der Waals surface area contributed by atoms with Crippen molar-refractivity contribution in [3.05, 3.63) is 88.3 Å². The van der Waals surface area contributed by atoms with Crippen LogP contribution >= 0.6 is 0 Å². The summed E-state index contributed by atoms with van der Waals surface area (Å²) in [6, 6.07) is 19.8. The second-order valence-corrected chi connectivity index (χ2v) is 6.03. The van der Waals surface area contributed by atoms with E-state index in [1.807, 2.05) is 30.3 Å². The number of para-hydroxylation sites is 1. The van der Waals surface area contributed by atoms with E-state index in [1.54, 1.807) is 30.3 Å². The van der Waals surface area contributed by atoms with Gasteiger partial charge in [0.15, 0.2) is 0 Å². The van der Waals surface area contributed by atoms with Gasteiger partial charge in [0.1, 0.15) is 23.5 Å². The quantitative estimate of drug-likeness (QED) is 0.308. The third kappa shape index (κ3) is 3.15. The molecule has 5 heteroatoms. The Bertz CT molecular complexity index is 1210. The predicted molar refractivity (Wildman–Crippen MR) is 102 cm³/mol. The van der Waals surface area contributed by atoms with Gasteiger partial charge in [-0.05, 0) is 29.0 Å². The SMILES string of the molecule is COC(=O)c1ccccc1OCc1cc(=O)oc2ccc3ccccc3c12. The van der Waals surface area contributed by atoms with Crippen molar-refractivity contribution in [2.45, 2.75) is 6.61 Å². The summed E-state index contributed by atoms with van der Waals surface area (Å²) in [6.45, 7) is 0.115. The highest BCUT2D eigenvalue weighted by Crippen LogP contribution is 2.28. The maximum Gasteiger partial charge on any atom is 0.341 e. The topological polar surface area (TPSA) is 65.7 Å². The third-order valence-corrected chi connectivity index (χ3v) is 4.39. The summed E-state index contributed by atoms with van der Waals surface area (Å²) in [5.41, 5.74) is 1.08. The normalized spacial score (nSPS) is 10.9. The number of carbonyl (C=O) groups is 1. The van der Waals surface area contributed by atoms with E-state index in [9.17, 15) is 9.59 Å². The van der Waals surface area contributed by atoms with Gasteiger partial charge in [-0.25, -0.2) is 9.59 Å². The number of hydrogen-bond acceptors (Lipinski definition) is 5. The molecular formula is C22H16O5. The molecule has 27 heavy (non-hydrogen) atoms. The summed E-state index contributed by atoms with van der Waals surface area (Å²) in [7, 11) is 1.32. The molecule has 0 spiro atoms. The zero-order chi connectivity index (χ0) is 18.8. The second-order valence-electron chi connectivity index (χ2n) is 6.03. The first-order valence-electron chi connectivity index (χ1n) is 8.42. The van der Waals surface area contributed by atoms with E-state index in [0.717, 1.165) is 16.2 Å². The summed E-state index contributed by atoms with van der Waals surface area (Å²) < 4.78 is 16.0. The molecule has 0 saturated heterocycles. The van der Waals surface area contributed by atoms with Crippen LogP contribution in [0.3, 0.4) is 0 Å². The number of fused-ring (bicyclic) bond motifs is 3. The fraction of sp³-hybridized carbons (Fsp3) is 0.0909. The van der Waals surface area contributed by atoms with Crippen molar-refractivity contribution in [2.24, 2.45) is 0 Å². The average Bonchev–Trinajstić information content (AvgIpc) is 2.71. The van der Waals surface area contributed by atoms with Gasteiger partial charge in [-0.2, -0.15) is 0 Å². The van der Waals surface area contributed by atoms with Gasteiger partial charge in [0.2, 0.25) is 0 Å². The number of carbonyl (C=O) groups excluding carboxylic acids is 1. The van der Waals surface area contributed by atoms with E-state index < -0.39 is 11.6 Å². The highest BCUT2D eigenvalue weighted by atomic mass is 16.5. The van der Waals surface area contributed by atoms with E-state index in [1.165, 1.54) is 13.2 Å². The van der Waals surface area contributed by atoms with Gasteiger partial charge < -0.3 is 13.9 Å². The van der Waals surface area contributed by atoms with Crippen molar-refractivity contribution < 1.29 is 18.7 Å². The largest absolute Gasteiger partial charge is 0.488 e. The maximum atomic E-state index is 12.0. The number of rotatable bonds is 4. The molecule has 4 aromatic rings. The Morgan fingerprint density at radius 1 is 1.00 bits per heavy atom. The molecule has 0 fully saturated rings. The molecule has 5 nitrogen and oxygen atoms in total. The molecule has 3 aromatic carbocycles. The van der Waals surface area contributed by atoms with Crippen LogP contribution in [0, 0.1) is 0 Å². The number of ether oxygens (including phenoxy) is 2. The van der Waals surface area contributed by atoms with Crippen molar-refractivity contribution in [3.63, 3.8) is 0 Å². The molecule has 134 valence electrons. The van der Waals surface area contributed by atoms with Crippen molar-refractivity contribution >= 4 is 27.7 Å². The minimum Gasteiger partial charge on any atom is -0.488 e. The van der Waals surface area contributed by atoms with Gasteiger partial charge in [-0.3, -0.25) is 0 Å². The molecule has 0 aliphatic carbocycles. The van der Waals surface area contributed by atoms with Crippen LogP contribution in [0.2, 0.25) is 0 Å². The van der Waals surface area contributed by atoms with Gasteiger partial charge >= 0.3 is 11.6 Å². The van der Waals surface area contributed by atoms with Gasteiger partial charge in [-0.1, -0.05) is 42.5 Å². The summed E-state index contributed by atoms with van der Waals surface area (Å²) in [5.74, 6) is -0.0838. The smallest absolute Gasteiger partial charge is 0.341 e. The van der Waals surface area contributed by atoms with Crippen LogP contribution in [0.5, 0.6) is 5.75 Å². The predicted octanol–water partition coefficient (Wildman–Crippen LogP) is 4.31. The molecule has 0 N–H and O–H groups in total. The molecule has 0 amide bonds. The zero-order valence-electron chi connectivity index (χ0n) is 14.6. The Labute approximate surface area is 154 Å².